The summed E-state index contributed by atoms with van der Waals surface area (Å²) in [5.41, 5.74) is 2.57. The molecule has 6 heteroatoms. The summed E-state index contributed by atoms with van der Waals surface area (Å²) in [4.78, 5) is 29.2. The fraction of sp³-hybridized carbons (Fsp3) is 0.400. The lowest BCUT2D eigenvalue weighted by atomic mass is 9.99. The first-order valence-corrected chi connectivity index (χ1v) is 9.02. The van der Waals surface area contributed by atoms with E-state index in [9.17, 15) is 9.59 Å². The zero-order chi connectivity index (χ0) is 18.1. The summed E-state index contributed by atoms with van der Waals surface area (Å²) in [6.07, 6.45) is 3.01. The van der Waals surface area contributed by atoms with Crippen LogP contribution in [0.3, 0.4) is 0 Å². The van der Waals surface area contributed by atoms with Gasteiger partial charge >= 0.3 is 0 Å². The smallest absolute Gasteiger partial charge is 0.287 e. The van der Waals surface area contributed by atoms with E-state index in [4.69, 9.17) is 4.42 Å². The van der Waals surface area contributed by atoms with Crippen LogP contribution in [0.1, 0.15) is 28.1 Å². The predicted octanol–water partition coefficient (Wildman–Crippen LogP) is 1.67. The number of nitrogens with one attached hydrogen (secondary N) is 1. The van der Waals surface area contributed by atoms with E-state index in [0.29, 0.717) is 25.3 Å². The first-order valence-electron chi connectivity index (χ1n) is 9.02. The van der Waals surface area contributed by atoms with Crippen molar-refractivity contribution in [3.8, 4) is 0 Å². The van der Waals surface area contributed by atoms with Crippen LogP contribution in [-0.4, -0.2) is 53.8 Å². The van der Waals surface area contributed by atoms with Crippen molar-refractivity contribution in [2.24, 2.45) is 0 Å². The van der Waals surface area contributed by atoms with Gasteiger partial charge in [-0.05, 0) is 43.1 Å². The first-order chi connectivity index (χ1) is 12.6. The van der Waals surface area contributed by atoms with Gasteiger partial charge in [-0.15, -0.1) is 0 Å². The van der Waals surface area contributed by atoms with Gasteiger partial charge < -0.3 is 14.6 Å². The van der Waals surface area contributed by atoms with Crippen LogP contribution in [-0.2, 0) is 17.8 Å². The summed E-state index contributed by atoms with van der Waals surface area (Å²) in [6.45, 7) is 2.08. The van der Waals surface area contributed by atoms with Crippen LogP contribution in [0.5, 0.6) is 0 Å². The number of likely N-dealkylation sites (N-methyl/N-ethyl adjacent to an activating group) is 1. The molecule has 1 saturated heterocycles. The molecule has 1 aromatic carbocycles. The Morgan fingerprint density at radius 1 is 1.15 bits per heavy atom. The minimum atomic E-state index is -0.228. The lowest BCUT2D eigenvalue weighted by Gasteiger charge is -2.32. The van der Waals surface area contributed by atoms with Gasteiger partial charge in [-0.1, -0.05) is 24.3 Å². The number of fused-ring (bicyclic) bond motifs is 1. The Hall–Kier alpha value is -2.60. The van der Waals surface area contributed by atoms with Gasteiger partial charge in [0, 0.05) is 25.7 Å². The number of hydrogen-bond acceptors (Lipinski definition) is 4. The van der Waals surface area contributed by atoms with Crippen molar-refractivity contribution in [2.75, 3.05) is 20.1 Å². The van der Waals surface area contributed by atoms with Crippen molar-refractivity contribution in [2.45, 2.75) is 31.5 Å². The highest BCUT2D eigenvalue weighted by atomic mass is 16.3. The number of amides is 2. The Bertz CT molecular complexity index is 802. The Balaban J connectivity index is 1.39. The van der Waals surface area contributed by atoms with Crippen LogP contribution >= 0.6 is 0 Å². The lowest BCUT2D eigenvalue weighted by molar-refractivity contribution is -0.136. The van der Waals surface area contributed by atoms with Crippen LogP contribution in [0.2, 0.25) is 0 Å². The van der Waals surface area contributed by atoms with Crippen molar-refractivity contribution in [1.29, 1.82) is 0 Å². The van der Waals surface area contributed by atoms with E-state index in [1.165, 1.54) is 17.4 Å². The van der Waals surface area contributed by atoms with Crippen molar-refractivity contribution < 1.29 is 14.0 Å². The van der Waals surface area contributed by atoms with Crippen LogP contribution in [0.25, 0.3) is 0 Å². The van der Waals surface area contributed by atoms with Gasteiger partial charge in [0.15, 0.2) is 5.76 Å². The highest BCUT2D eigenvalue weighted by Crippen LogP contribution is 2.23. The van der Waals surface area contributed by atoms with E-state index in [2.05, 4.69) is 17.4 Å². The summed E-state index contributed by atoms with van der Waals surface area (Å²) in [5.74, 6) is 0.222. The second kappa shape index (κ2) is 6.96. The number of carbonyl (C=O) groups excluding carboxylic acids is 2. The molecule has 2 amide bonds. The largest absolute Gasteiger partial charge is 0.459 e. The number of nitrogens with zero attached hydrogens (tertiary/aromatic N) is 2. The van der Waals surface area contributed by atoms with Crippen molar-refractivity contribution >= 4 is 11.8 Å². The number of likely N-dealkylation sites (tertiary alicyclic amines) is 1. The van der Waals surface area contributed by atoms with Gasteiger partial charge in [0.05, 0.1) is 12.3 Å². The van der Waals surface area contributed by atoms with Gasteiger partial charge in [0.2, 0.25) is 5.91 Å². The average molecular weight is 353 g/mol. The zero-order valence-corrected chi connectivity index (χ0v) is 14.9. The van der Waals surface area contributed by atoms with Crippen molar-refractivity contribution in [3.63, 3.8) is 0 Å². The van der Waals surface area contributed by atoms with Crippen molar-refractivity contribution in [3.05, 3.63) is 59.5 Å². The molecule has 0 radical (unpaired) electrons. The maximum absolute atomic E-state index is 13.0. The third-order valence-electron chi connectivity index (χ3n) is 5.36. The maximum atomic E-state index is 13.0. The Morgan fingerprint density at radius 2 is 1.96 bits per heavy atom. The number of hydrogen-bond donors (Lipinski definition) is 1. The van der Waals surface area contributed by atoms with E-state index in [-0.39, 0.29) is 23.9 Å². The van der Waals surface area contributed by atoms with E-state index in [0.717, 1.165) is 13.0 Å². The third-order valence-corrected chi connectivity index (χ3v) is 5.36. The number of benzene rings is 1. The van der Waals surface area contributed by atoms with Crippen LogP contribution in [0.15, 0.2) is 47.1 Å². The van der Waals surface area contributed by atoms with Crippen LogP contribution in [0.4, 0.5) is 0 Å². The van der Waals surface area contributed by atoms with Crippen LogP contribution in [0, 0.1) is 0 Å². The quantitative estimate of drug-likeness (QED) is 0.912. The molecule has 1 N–H and O–H groups in total. The molecule has 2 aliphatic rings. The molecule has 1 fully saturated rings. The minimum absolute atomic E-state index is 0.0522. The molecule has 2 aliphatic heterocycles. The summed E-state index contributed by atoms with van der Waals surface area (Å²) in [6, 6.07) is 11.4. The van der Waals surface area contributed by atoms with Crippen LogP contribution < -0.4 is 5.32 Å². The van der Waals surface area contributed by atoms with Gasteiger partial charge in [0.25, 0.3) is 5.91 Å². The second-order valence-corrected chi connectivity index (χ2v) is 7.12. The average Bonchev–Trinajstić information content (AvgIpc) is 3.30. The molecule has 1 aromatic heterocycles. The fourth-order valence-corrected chi connectivity index (χ4v) is 3.95. The number of furan rings is 1. The molecule has 0 unspecified atom stereocenters. The Morgan fingerprint density at radius 3 is 2.73 bits per heavy atom. The fourth-order valence-electron chi connectivity index (χ4n) is 3.95. The molecule has 0 bridgehead atoms. The highest BCUT2D eigenvalue weighted by Gasteiger charge is 2.38. The number of rotatable bonds is 3. The molecule has 6 nitrogen and oxygen atoms in total. The maximum Gasteiger partial charge on any atom is 0.287 e. The molecule has 136 valence electrons. The van der Waals surface area contributed by atoms with Gasteiger partial charge in [0.1, 0.15) is 0 Å². The molecule has 0 spiro atoms. The molecular weight excluding hydrogens is 330 g/mol. The number of carbonyl (C=O) groups is 2. The zero-order valence-electron chi connectivity index (χ0n) is 14.9. The minimum Gasteiger partial charge on any atom is -0.459 e. The van der Waals surface area contributed by atoms with Gasteiger partial charge in [-0.3, -0.25) is 14.5 Å². The summed E-state index contributed by atoms with van der Waals surface area (Å²) in [7, 11) is 1.94. The monoisotopic (exact) mass is 353 g/mol. The highest BCUT2D eigenvalue weighted by molar-refractivity contribution is 5.91. The normalized spacial score (nSPS) is 22.9. The Kier molecular flexibility index (Phi) is 4.51. The van der Waals surface area contributed by atoms with E-state index in [1.54, 1.807) is 12.1 Å². The SMILES string of the molecule is CN1C[C@@H](NC(=O)c2ccco2)C[C@H]1C(=O)N1CCc2ccccc2C1. The molecule has 0 saturated carbocycles. The summed E-state index contributed by atoms with van der Waals surface area (Å²) >= 11 is 0. The molecule has 26 heavy (non-hydrogen) atoms. The third kappa shape index (κ3) is 3.24. The molecule has 2 atom stereocenters. The molecule has 4 rings (SSSR count). The predicted molar refractivity (Wildman–Crippen MR) is 96.6 cm³/mol. The van der Waals surface area contributed by atoms with Gasteiger partial charge in [-0.25, -0.2) is 0 Å². The second-order valence-electron chi connectivity index (χ2n) is 7.12. The standard InChI is InChI=1S/C20H23N3O3/c1-22-13-16(21-19(24)18-7-4-10-26-18)11-17(22)20(25)23-9-8-14-5-2-3-6-15(14)12-23/h2-7,10,16-17H,8-9,11-13H2,1H3,(H,21,24)/t16-,17-/m0/s1. The van der Waals surface area contributed by atoms with E-state index < -0.39 is 0 Å². The van der Waals surface area contributed by atoms with E-state index >= 15 is 0 Å². The summed E-state index contributed by atoms with van der Waals surface area (Å²) < 4.78 is 5.13. The molecule has 2 aromatic rings. The lowest BCUT2D eigenvalue weighted by Crippen LogP contribution is -2.46. The van der Waals surface area contributed by atoms with Gasteiger partial charge in [-0.2, -0.15) is 0 Å². The molecule has 3 heterocycles. The van der Waals surface area contributed by atoms with Crippen molar-refractivity contribution in [1.82, 2.24) is 15.1 Å². The topological polar surface area (TPSA) is 65.8 Å². The first kappa shape index (κ1) is 16.8. The Labute approximate surface area is 152 Å². The molecule has 0 aliphatic carbocycles. The van der Waals surface area contributed by atoms with E-state index in [1.807, 2.05) is 29.0 Å². The molecular formula is C20H23N3O3. The summed E-state index contributed by atoms with van der Waals surface area (Å²) in [5, 5.41) is 2.97.